The fourth-order valence-electron chi connectivity index (χ4n) is 3.74. The monoisotopic (exact) mass is 496 g/mol. The molecule has 0 saturated carbocycles. The second-order valence-corrected chi connectivity index (χ2v) is 9.41. The molecule has 1 aromatic heterocycles. The van der Waals surface area contributed by atoms with Crippen molar-refractivity contribution in [2.45, 2.75) is 39.8 Å². The van der Waals surface area contributed by atoms with Crippen molar-refractivity contribution in [3.8, 4) is 17.7 Å². The molecule has 0 unspecified atom stereocenters. The highest BCUT2D eigenvalue weighted by molar-refractivity contribution is 5.97. The lowest BCUT2D eigenvalue weighted by Gasteiger charge is -2.37. The first-order valence-corrected chi connectivity index (χ1v) is 12.0. The Morgan fingerprint density at radius 3 is 2.75 bits per heavy atom. The molecule has 9 heteroatoms. The summed E-state index contributed by atoms with van der Waals surface area (Å²) in [7, 11) is 1.59. The molecule has 1 aliphatic heterocycles. The second kappa shape index (κ2) is 11.9. The summed E-state index contributed by atoms with van der Waals surface area (Å²) in [6.07, 6.45) is 1.03. The van der Waals surface area contributed by atoms with Gasteiger partial charge in [0.1, 0.15) is 17.5 Å². The molecule has 3 amide bonds. The van der Waals surface area contributed by atoms with Crippen LogP contribution in [0.5, 0.6) is 5.88 Å². The molecule has 0 aliphatic carbocycles. The maximum Gasteiger partial charge on any atom is 0.321 e. The Morgan fingerprint density at radius 2 is 2.08 bits per heavy atom. The second-order valence-electron chi connectivity index (χ2n) is 9.41. The van der Waals surface area contributed by atoms with Crippen LogP contribution in [-0.4, -0.2) is 70.7 Å². The summed E-state index contributed by atoms with van der Waals surface area (Å²) < 4.78 is 20.2. The number of carbonyl (C=O) groups excluding carboxylic acids is 2. The number of halogens is 1. The molecule has 0 spiro atoms. The van der Waals surface area contributed by atoms with Gasteiger partial charge in [0.2, 0.25) is 5.88 Å². The van der Waals surface area contributed by atoms with Crippen LogP contribution in [-0.2, 0) is 0 Å². The summed E-state index contributed by atoms with van der Waals surface area (Å²) in [4.78, 5) is 33.6. The number of aliphatic hydroxyl groups is 1. The number of aliphatic hydroxyl groups excluding tert-OH is 1. The van der Waals surface area contributed by atoms with Gasteiger partial charge in [0, 0.05) is 37.2 Å². The summed E-state index contributed by atoms with van der Waals surface area (Å²) in [6.45, 7) is 7.87. The van der Waals surface area contributed by atoms with Crippen LogP contribution in [0.25, 0.3) is 0 Å². The highest BCUT2D eigenvalue weighted by atomic mass is 19.1. The average molecular weight is 497 g/mol. The van der Waals surface area contributed by atoms with E-state index in [1.54, 1.807) is 43.3 Å². The van der Waals surface area contributed by atoms with E-state index >= 15 is 0 Å². The van der Waals surface area contributed by atoms with Gasteiger partial charge in [-0.2, -0.15) is 0 Å². The molecule has 1 aliphatic rings. The van der Waals surface area contributed by atoms with Gasteiger partial charge in [-0.25, -0.2) is 14.2 Å². The predicted octanol–water partition coefficient (Wildman–Crippen LogP) is 3.61. The van der Waals surface area contributed by atoms with Crippen LogP contribution in [0.3, 0.4) is 0 Å². The number of amides is 3. The van der Waals surface area contributed by atoms with Gasteiger partial charge in [0.25, 0.3) is 5.91 Å². The Morgan fingerprint density at radius 1 is 1.36 bits per heavy atom. The third-order valence-electron chi connectivity index (χ3n) is 5.94. The van der Waals surface area contributed by atoms with E-state index in [-0.39, 0.29) is 48.0 Å². The van der Waals surface area contributed by atoms with Gasteiger partial charge in [-0.1, -0.05) is 44.7 Å². The summed E-state index contributed by atoms with van der Waals surface area (Å²) in [5, 5.41) is 12.4. The van der Waals surface area contributed by atoms with Crippen LogP contribution < -0.4 is 10.1 Å². The number of nitrogens with one attached hydrogen (secondary N) is 1. The van der Waals surface area contributed by atoms with Crippen molar-refractivity contribution in [2.24, 2.45) is 11.8 Å². The lowest BCUT2D eigenvalue weighted by molar-refractivity contribution is 0.0356. The maximum absolute atomic E-state index is 14.0. The minimum absolute atomic E-state index is 0.0802. The molecule has 2 heterocycles. The number of hydrogen-bond acceptors (Lipinski definition) is 5. The average Bonchev–Trinajstić information content (AvgIpc) is 2.85. The number of ether oxygens (including phenoxy) is 1. The zero-order valence-corrected chi connectivity index (χ0v) is 21.3. The highest BCUT2D eigenvalue weighted by Gasteiger charge is 2.34. The lowest BCUT2D eigenvalue weighted by atomic mass is 10.00. The smallest absolute Gasteiger partial charge is 0.321 e. The molecule has 1 aromatic carbocycles. The van der Waals surface area contributed by atoms with Gasteiger partial charge in [-0.15, -0.1) is 0 Å². The van der Waals surface area contributed by atoms with Crippen LogP contribution in [0.4, 0.5) is 14.9 Å². The summed E-state index contributed by atoms with van der Waals surface area (Å²) in [5.41, 5.74) is 0.917. The van der Waals surface area contributed by atoms with Crippen molar-refractivity contribution >= 4 is 17.6 Å². The number of hydrogen-bond donors (Lipinski definition) is 2. The van der Waals surface area contributed by atoms with Gasteiger partial charge >= 0.3 is 6.03 Å². The van der Waals surface area contributed by atoms with Gasteiger partial charge in [0.15, 0.2) is 0 Å². The number of urea groups is 1. The van der Waals surface area contributed by atoms with Crippen LogP contribution >= 0.6 is 0 Å². The van der Waals surface area contributed by atoms with E-state index in [1.165, 1.54) is 17.0 Å². The van der Waals surface area contributed by atoms with Gasteiger partial charge in [-0.3, -0.25) is 4.79 Å². The molecular weight excluding hydrogens is 463 g/mol. The van der Waals surface area contributed by atoms with E-state index in [0.717, 1.165) is 0 Å². The summed E-state index contributed by atoms with van der Waals surface area (Å²) in [6, 6.07) is 6.65. The van der Waals surface area contributed by atoms with Crippen molar-refractivity contribution in [3.63, 3.8) is 0 Å². The summed E-state index contributed by atoms with van der Waals surface area (Å²) >= 11 is 0. The number of rotatable bonds is 5. The Bertz CT molecular complexity index is 1160. The fraction of sp³-hybridized carbons (Fsp3) is 0.444. The molecule has 2 N–H and O–H groups in total. The largest absolute Gasteiger partial charge is 0.472 e. The summed E-state index contributed by atoms with van der Waals surface area (Å²) in [5.74, 6) is 5.34. The van der Waals surface area contributed by atoms with E-state index in [0.29, 0.717) is 12.1 Å². The number of pyridine rings is 1. The van der Waals surface area contributed by atoms with Crippen molar-refractivity contribution in [3.05, 3.63) is 53.5 Å². The van der Waals surface area contributed by atoms with Crippen LogP contribution in [0.2, 0.25) is 0 Å². The molecule has 3 rings (SSSR count). The van der Waals surface area contributed by atoms with Crippen molar-refractivity contribution < 1.29 is 23.8 Å². The number of benzene rings is 1. The van der Waals surface area contributed by atoms with Gasteiger partial charge in [-0.05, 0) is 25.1 Å². The first kappa shape index (κ1) is 27.0. The fourth-order valence-corrected chi connectivity index (χ4v) is 3.74. The standard InChI is InChI=1S/C27H33FN4O4/c1-17(2)10-11-20-12-21-25(29-13-20)36-24(18(3)14-32(26(21)34)19(4)16-33)15-31(5)27(35)30-23-9-7-6-8-22(23)28/h6-9,12-13,17-19,24,33H,14-16H2,1-5H3,(H,30,35)/t18-,19-,24+/m0/s1. The lowest BCUT2D eigenvalue weighted by Crippen LogP contribution is -2.50. The Kier molecular flexibility index (Phi) is 8.88. The van der Waals surface area contributed by atoms with Gasteiger partial charge in [0.05, 0.1) is 24.9 Å². The van der Waals surface area contributed by atoms with Crippen molar-refractivity contribution in [1.82, 2.24) is 14.8 Å². The van der Waals surface area contributed by atoms with E-state index < -0.39 is 24.0 Å². The van der Waals surface area contributed by atoms with Crippen molar-refractivity contribution in [1.29, 1.82) is 0 Å². The number of aromatic nitrogens is 1. The molecule has 0 saturated heterocycles. The third-order valence-corrected chi connectivity index (χ3v) is 5.94. The molecule has 192 valence electrons. The first-order valence-electron chi connectivity index (χ1n) is 12.0. The first-order chi connectivity index (χ1) is 17.1. The quantitative estimate of drug-likeness (QED) is 0.617. The van der Waals surface area contributed by atoms with Crippen molar-refractivity contribution in [2.75, 3.05) is 32.1 Å². The zero-order chi connectivity index (χ0) is 26.4. The molecule has 0 radical (unpaired) electrons. The third kappa shape index (κ3) is 6.52. The number of fused-ring (bicyclic) bond motifs is 1. The van der Waals surface area contributed by atoms with Gasteiger partial charge < -0.3 is 25.0 Å². The number of nitrogens with zero attached hydrogens (tertiary/aromatic N) is 3. The molecular formula is C27H33FN4O4. The zero-order valence-electron chi connectivity index (χ0n) is 21.3. The van der Waals surface area contributed by atoms with E-state index in [1.807, 2.05) is 20.8 Å². The minimum Gasteiger partial charge on any atom is -0.472 e. The van der Waals surface area contributed by atoms with Crippen LogP contribution in [0, 0.1) is 29.5 Å². The number of anilines is 1. The number of carbonyl (C=O) groups is 2. The molecule has 36 heavy (non-hydrogen) atoms. The van der Waals surface area contributed by atoms with Crippen LogP contribution in [0.1, 0.15) is 43.6 Å². The van der Waals surface area contributed by atoms with E-state index in [4.69, 9.17) is 4.74 Å². The minimum atomic E-state index is -0.531. The topological polar surface area (TPSA) is 95.0 Å². The van der Waals surface area contributed by atoms with Crippen LogP contribution in [0.15, 0.2) is 36.5 Å². The number of para-hydroxylation sites is 1. The molecule has 8 nitrogen and oxygen atoms in total. The highest BCUT2D eigenvalue weighted by Crippen LogP contribution is 2.27. The maximum atomic E-state index is 14.0. The normalized spacial score (nSPS) is 18.2. The van der Waals surface area contributed by atoms with E-state index in [9.17, 15) is 19.1 Å². The molecule has 0 fully saturated rings. The Hall–Kier alpha value is -3.64. The van der Waals surface area contributed by atoms with E-state index in [2.05, 4.69) is 22.1 Å². The number of likely N-dealkylation sites (N-methyl/N-ethyl adjacent to an activating group) is 1. The molecule has 3 atom stereocenters. The SMILES string of the molecule is CC(C)C#Cc1cnc2c(c1)C(=O)N([C@@H](C)CO)C[C@H](C)[C@@H](CN(C)C(=O)Nc1ccccc1F)O2. The Balaban J connectivity index is 1.89. The molecule has 0 bridgehead atoms. The molecule has 2 aromatic rings. The predicted molar refractivity (Wildman–Crippen MR) is 135 cm³/mol. The Labute approximate surface area is 211 Å².